The summed E-state index contributed by atoms with van der Waals surface area (Å²) in [5.41, 5.74) is 0.723. The number of fused-ring (bicyclic) bond motifs is 2. The van der Waals surface area contributed by atoms with E-state index in [0.717, 1.165) is 28.9 Å². The van der Waals surface area contributed by atoms with Crippen LogP contribution in [0.1, 0.15) is 37.3 Å². The molecule has 2 saturated heterocycles. The molecule has 29 heavy (non-hydrogen) atoms. The number of likely N-dealkylation sites (N-methyl/N-ethyl adjacent to an activating group) is 1. The van der Waals surface area contributed by atoms with E-state index < -0.39 is 39.3 Å². The molecule has 156 valence electrons. The number of carbonyl (C=O) groups excluding carboxylic acids is 3. The maximum atomic E-state index is 13.3. The number of sulfone groups is 1. The summed E-state index contributed by atoms with van der Waals surface area (Å²) in [6.45, 7) is 1.73. The standard InChI is InChI=1S/C20H25N3O5S/c1-2-22(15-9-11-29(27,28)13-15)17(24)12-23-18(25)20(21-19(23)26)10-5-7-14-6-3-4-8-16(14)20/h3-4,6,8,15H,2,5,7,9-13H2,1H3,(H,21,26). The summed E-state index contributed by atoms with van der Waals surface area (Å²) in [5, 5.41) is 2.84. The number of hydrogen-bond acceptors (Lipinski definition) is 5. The average molecular weight is 420 g/mol. The van der Waals surface area contributed by atoms with Crippen molar-refractivity contribution in [1.29, 1.82) is 0 Å². The lowest BCUT2D eigenvalue weighted by Gasteiger charge is -2.33. The number of amides is 4. The molecule has 4 rings (SSSR count). The van der Waals surface area contributed by atoms with Crippen molar-refractivity contribution in [2.45, 2.75) is 44.2 Å². The Morgan fingerprint density at radius 1 is 1.31 bits per heavy atom. The fourth-order valence-electron chi connectivity index (χ4n) is 4.84. The predicted molar refractivity (Wildman–Crippen MR) is 106 cm³/mol. The molecule has 2 heterocycles. The van der Waals surface area contributed by atoms with E-state index in [-0.39, 0.29) is 18.1 Å². The predicted octanol–water partition coefficient (Wildman–Crippen LogP) is 0.806. The second-order valence-electron chi connectivity index (χ2n) is 7.97. The number of carbonyl (C=O) groups is 3. The zero-order chi connectivity index (χ0) is 20.8. The number of aryl methyl sites for hydroxylation is 1. The number of urea groups is 1. The molecule has 2 aliphatic heterocycles. The molecular weight excluding hydrogens is 394 g/mol. The third-order valence-electron chi connectivity index (χ3n) is 6.25. The van der Waals surface area contributed by atoms with E-state index in [1.54, 1.807) is 6.92 Å². The van der Waals surface area contributed by atoms with Crippen LogP contribution in [0.5, 0.6) is 0 Å². The van der Waals surface area contributed by atoms with E-state index in [1.807, 2.05) is 24.3 Å². The molecule has 1 N–H and O–H groups in total. The van der Waals surface area contributed by atoms with Gasteiger partial charge in [0.05, 0.1) is 11.5 Å². The fourth-order valence-corrected chi connectivity index (χ4v) is 6.57. The van der Waals surface area contributed by atoms with E-state index in [2.05, 4.69) is 5.32 Å². The normalized spacial score (nSPS) is 27.8. The van der Waals surface area contributed by atoms with Crippen LogP contribution in [0.3, 0.4) is 0 Å². The van der Waals surface area contributed by atoms with Gasteiger partial charge >= 0.3 is 6.03 Å². The highest BCUT2D eigenvalue weighted by Crippen LogP contribution is 2.39. The number of imide groups is 1. The van der Waals surface area contributed by atoms with Crippen molar-refractivity contribution in [3.8, 4) is 0 Å². The smallest absolute Gasteiger partial charge is 0.325 e. The van der Waals surface area contributed by atoms with Crippen LogP contribution in [0.15, 0.2) is 24.3 Å². The van der Waals surface area contributed by atoms with Gasteiger partial charge in [0.25, 0.3) is 5.91 Å². The van der Waals surface area contributed by atoms with E-state index in [1.165, 1.54) is 4.90 Å². The Balaban J connectivity index is 1.55. The zero-order valence-corrected chi connectivity index (χ0v) is 17.2. The molecule has 2 atom stereocenters. The van der Waals surface area contributed by atoms with Crippen LogP contribution in [-0.4, -0.2) is 66.7 Å². The van der Waals surface area contributed by atoms with Crippen molar-refractivity contribution >= 4 is 27.7 Å². The molecule has 0 aromatic heterocycles. The Hall–Kier alpha value is -2.42. The largest absolute Gasteiger partial charge is 0.337 e. The van der Waals surface area contributed by atoms with Crippen molar-refractivity contribution in [1.82, 2.24) is 15.1 Å². The molecule has 1 aliphatic carbocycles. The van der Waals surface area contributed by atoms with Gasteiger partial charge in [-0.2, -0.15) is 0 Å². The minimum Gasteiger partial charge on any atom is -0.337 e. The van der Waals surface area contributed by atoms with Gasteiger partial charge in [0.2, 0.25) is 5.91 Å². The van der Waals surface area contributed by atoms with Crippen molar-refractivity contribution in [2.75, 3.05) is 24.6 Å². The van der Waals surface area contributed by atoms with E-state index in [9.17, 15) is 22.8 Å². The number of nitrogens with zero attached hydrogens (tertiary/aromatic N) is 2. The van der Waals surface area contributed by atoms with Gasteiger partial charge < -0.3 is 10.2 Å². The first-order valence-electron chi connectivity index (χ1n) is 10.00. The topological polar surface area (TPSA) is 104 Å². The van der Waals surface area contributed by atoms with Gasteiger partial charge in [0.1, 0.15) is 12.1 Å². The third-order valence-corrected chi connectivity index (χ3v) is 8.00. The summed E-state index contributed by atoms with van der Waals surface area (Å²) in [6.07, 6.45) is 2.50. The number of benzene rings is 1. The van der Waals surface area contributed by atoms with Gasteiger partial charge in [-0.25, -0.2) is 13.2 Å². The van der Waals surface area contributed by atoms with Crippen LogP contribution in [0.2, 0.25) is 0 Å². The Morgan fingerprint density at radius 2 is 2.07 bits per heavy atom. The molecule has 0 radical (unpaired) electrons. The molecule has 2 unspecified atom stereocenters. The highest BCUT2D eigenvalue weighted by Gasteiger charge is 2.54. The lowest BCUT2D eigenvalue weighted by molar-refractivity contribution is -0.140. The van der Waals surface area contributed by atoms with Gasteiger partial charge in [0.15, 0.2) is 9.84 Å². The summed E-state index contributed by atoms with van der Waals surface area (Å²) in [7, 11) is -3.14. The maximum absolute atomic E-state index is 13.3. The van der Waals surface area contributed by atoms with Gasteiger partial charge in [-0.1, -0.05) is 24.3 Å². The van der Waals surface area contributed by atoms with Gasteiger partial charge in [-0.05, 0) is 43.7 Å². The Labute approximate surface area is 170 Å². The summed E-state index contributed by atoms with van der Waals surface area (Å²) < 4.78 is 23.6. The molecular formula is C20H25N3O5S. The molecule has 2 fully saturated rings. The summed E-state index contributed by atoms with van der Waals surface area (Å²) >= 11 is 0. The van der Waals surface area contributed by atoms with Crippen LogP contribution in [0.25, 0.3) is 0 Å². The molecule has 1 spiro atoms. The van der Waals surface area contributed by atoms with Crippen molar-refractivity contribution in [3.63, 3.8) is 0 Å². The van der Waals surface area contributed by atoms with Gasteiger partial charge in [-0.3, -0.25) is 14.5 Å². The van der Waals surface area contributed by atoms with Gasteiger partial charge in [-0.15, -0.1) is 0 Å². The molecule has 9 heteroatoms. The molecule has 8 nitrogen and oxygen atoms in total. The van der Waals surface area contributed by atoms with E-state index in [4.69, 9.17) is 0 Å². The second kappa shape index (κ2) is 7.12. The molecule has 0 saturated carbocycles. The first-order valence-corrected chi connectivity index (χ1v) is 11.8. The van der Waals surface area contributed by atoms with Gasteiger partial charge in [0, 0.05) is 12.6 Å². The minimum atomic E-state index is -3.14. The first-order chi connectivity index (χ1) is 13.8. The third kappa shape index (κ3) is 3.31. The van der Waals surface area contributed by atoms with E-state index >= 15 is 0 Å². The lowest BCUT2D eigenvalue weighted by atomic mass is 9.76. The quantitative estimate of drug-likeness (QED) is 0.728. The van der Waals surface area contributed by atoms with Crippen molar-refractivity contribution in [3.05, 3.63) is 35.4 Å². The van der Waals surface area contributed by atoms with Crippen LogP contribution in [0, 0.1) is 0 Å². The van der Waals surface area contributed by atoms with Crippen LogP contribution in [0.4, 0.5) is 4.79 Å². The van der Waals surface area contributed by atoms with Crippen LogP contribution >= 0.6 is 0 Å². The van der Waals surface area contributed by atoms with Crippen molar-refractivity contribution < 1.29 is 22.8 Å². The molecule has 1 aromatic rings. The maximum Gasteiger partial charge on any atom is 0.325 e. The minimum absolute atomic E-state index is 0.0600. The molecule has 1 aromatic carbocycles. The summed E-state index contributed by atoms with van der Waals surface area (Å²) in [4.78, 5) is 41.3. The fraction of sp³-hybridized carbons (Fsp3) is 0.550. The SMILES string of the molecule is CCN(C(=O)CN1C(=O)NC2(CCCc3ccccc32)C1=O)C1CCS(=O)(=O)C1. The highest BCUT2D eigenvalue weighted by atomic mass is 32.2. The van der Waals surface area contributed by atoms with Crippen LogP contribution < -0.4 is 5.32 Å². The van der Waals surface area contributed by atoms with Crippen molar-refractivity contribution in [2.24, 2.45) is 0 Å². The average Bonchev–Trinajstić information content (AvgIpc) is 3.15. The number of nitrogens with one attached hydrogen (secondary N) is 1. The number of rotatable bonds is 4. The highest BCUT2D eigenvalue weighted by molar-refractivity contribution is 7.91. The summed E-state index contributed by atoms with van der Waals surface area (Å²) in [5.74, 6) is -0.813. The molecule has 4 amide bonds. The Bertz CT molecular complexity index is 976. The second-order valence-corrected chi connectivity index (χ2v) is 10.2. The monoisotopic (exact) mass is 419 g/mol. The number of hydrogen-bond donors (Lipinski definition) is 1. The lowest BCUT2D eigenvalue weighted by Crippen LogP contribution is -2.49. The molecule has 0 bridgehead atoms. The Kier molecular flexibility index (Phi) is 4.88. The van der Waals surface area contributed by atoms with E-state index in [0.29, 0.717) is 19.4 Å². The van der Waals surface area contributed by atoms with Crippen LogP contribution in [-0.2, 0) is 31.4 Å². The Morgan fingerprint density at radius 3 is 2.76 bits per heavy atom. The first kappa shape index (κ1) is 19.9. The molecule has 3 aliphatic rings. The summed E-state index contributed by atoms with van der Waals surface area (Å²) in [6, 6.07) is 6.61. The zero-order valence-electron chi connectivity index (χ0n) is 16.4.